The molecule has 4 aromatic rings. The molecule has 0 spiro atoms. The van der Waals surface area contributed by atoms with Crippen molar-refractivity contribution in [1.29, 1.82) is 0 Å². The second kappa shape index (κ2) is 9.69. The van der Waals surface area contributed by atoms with Crippen molar-refractivity contribution in [2.75, 3.05) is 12.4 Å². The van der Waals surface area contributed by atoms with Crippen LogP contribution in [0.1, 0.15) is 29.4 Å². The number of hydrogen-bond donors (Lipinski definition) is 1. The van der Waals surface area contributed by atoms with E-state index in [1.54, 1.807) is 42.4 Å². The molecule has 0 aliphatic rings. The summed E-state index contributed by atoms with van der Waals surface area (Å²) in [7, 11) is 1.58. The van der Waals surface area contributed by atoms with Gasteiger partial charge in [0.15, 0.2) is 0 Å². The molecule has 4 rings (SSSR count). The maximum Gasteiger partial charge on any atom is 0.274 e. The van der Waals surface area contributed by atoms with Crippen LogP contribution in [0.25, 0.3) is 5.78 Å². The Kier molecular flexibility index (Phi) is 6.55. The Balaban J connectivity index is 1.49. The third kappa shape index (κ3) is 4.67. The molecule has 0 fully saturated rings. The van der Waals surface area contributed by atoms with Gasteiger partial charge in [-0.1, -0.05) is 19.1 Å². The SMILES string of the molecule is CCCn1cnc2nc(CSc3ccccc3NC(=O)c3ccc(OC)cc3)cc(=O)n21. The van der Waals surface area contributed by atoms with E-state index in [0.717, 1.165) is 11.3 Å². The van der Waals surface area contributed by atoms with Crippen molar-refractivity contribution in [3.63, 3.8) is 0 Å². The molecular weight excluding hydrogens is 426 g/mol. The number of aryl methyl sites for hydroxylation is 1. The largest absolute Gasteiger partial charge is 0.497 e. The Hall–Kier alpha value is -3.59. The zero-order chi connectivity index (χ0) is 22.5. The summed E-state index contributed by atoms with van der Waals surface area (Å²) in [5, 5.41) is 2.96. The molecule has 2 aromatic heterocycles. The molecule has 0 saturated carbocycles. The topological polar surface area (TPSA) is 90.5 Å². The van der Waals surface area contributed by atoms with E-state index in [2.05, 4.69) is 15.3 Å². The minimum absolute atomic E-state index is 0.155. The lowest BCUT2D eigenvalue weighted by molar-refractivity contribution is 0.102. The molecule has 0 aliphatic heterocycles. The lowest BCUT2D eigenvalue weighted by Crippen LogP contribution is -2.21. The van der Waals surface area contributed by atoms with Crippen molar-refractivity contribution in [3.8, 4) is 5.75 Å². The molecule has 9 heteroatoms. The fourth-order valence-electron chi connectivity index (χ4n) is 3.25. The van der Waals surface area contributed by atoms with Crippen molar-refractivity contribution in [3.05, 3.63) is 82.5 Å². The maximum atomic E-state index is 12.7. The predicted molar refractivity (Wildman–Crippen MR) is 124 cm³/mol. The van der Waals surface area contributed by atoms with Gasteiger partial charge in [-0.05, 0) is 42.8 Å². The van der Waals surface area contributed by atoms with Gasteiger partial charge in [-0.15, -0.1) is 11.8 Å². The standard InChI is InChI=1S/C23H23N5O3S/c1-3-12-27-15-24-23-25-17(13-21(29)28(23)27)14-32-20-7-5-4-6-19(20)26-22(30)16-8-10-18(31-2)11-9-16/h4-11,13,15H,3,12,14H2,1-2H3,(H,26,30). The smallest absolute Gasteiger partial charge is 0.274 e. The molecule has 8 nitrogen and oxygen atoms in total. The second-order valence-electron chi connectivity index (χ2n) is 7.07. The van der Waals surface area contributed by atoms with Gasteiger partial charge in [-0.25, -0.2) is 4.98 Å². The number of methoxy groups -OCH3 is 1. The normalized spacial score (nSPS) is 10.9. The quantitative estimate of drug-likeness (QED) is 0.411. The van der Waals surface area contributed by atoms with Gasteiger partial charge in [0.25, 0.3) is 17.2 Å². The number of para-hydroxylation sites is 1. The number of carbonyl (C=O) groups excluding carboxylic acids is 1. The molecule has 0 radical (unpaired) electrons. The van der Waals surface area contributed by atoms with Crippen molar-refractivity contribution in [2.24, 2.45) is 0 Å². The fraction of sp³-hybridized carbons (Fsp3) is 0.217. The number of carbonyl (C=O) groups is 1. The lowest BCUT2D eigenvalue weighted by atomic mass is 10.2. The first-order valence-corrected chi connectivity index (χ1v) is 11.2. The van der Waals surface area contributed by atoms with E-state index in [1.165, 1.54) is 22.3 Å². The van der Waals surface area contributed by atoms with Gasteiger partial charge in [0.1, 0.15) is 12.1 Å². The van der Waals surface area contributed by atoms with Crippen LogP contribution in [0, 0.1) is 0 Å². The molecule has 0 saturated heterocycles. The molecule has 2 aromatic carbocycles. The number of ether oxygens (including phenoxy) is 1. The highest BCUT2D eigenvalue weighted by molar-refractivity contribution is 7.98. The van der Waals surface area contributed by atoms with Gasteiger partial charge in [0.2, 0.25) is 0 Å². The molecule has 2 heterocycles. The molecule has 1 amide bonds. The predicted octanol–water partition coefficient (Wildman–Crippen LogP) is 3.85. The summed E-state index contributed by atoms with van der Waals surface area (Å²) < 4.78 is 8.39. The summed E-state index contributed by atoms with van der Waals surface area (Å²) in [4.78, 5) is 34.9. The number of hydrogen-bond acceptors (Lipinski definition) is 6. The third-order valence-corrected chi connectivity index (χ3v) is 5.92. The number of aromatic nitrogens is 4. The number of nitrogens with one attached hydrogen (secondary N) is 1. The number of rotatable bonds is 8. The molecule has 0 bridgehead atoms. The Morgan fingerprint density at radius 3 is 2.69 bits per heavy atom. The fourth-order valence-corrected chi connectivity index (χ4v) is 4.15. The third-order valence-electron chi connectivity index (χ3n) is 4.81. The van der Waals surface area contributed by atoms with Gasteiger partial charge in [-0.3, -0.25) is 14.3 Å². The summed E-state index contributed by atoms with van der Waals surface area (Å²) in [6, 6.07) is 16.0. The second-order valence-corrected chi connectivity index (χ2v) is 8.09. The first kappa shape index (κ1) is 21.6. The highest BCUT2D eigenvalue weighted by atomic mass is 32.2. The van der Waals surface area contributed by atoms with Crippen LogP contribution >= 0.6 is 11.8 Å². The van der Waals surface area contributed by atoms with Crippen molar-refractivity contribution in [2.45, 2.75) is 30.5 Å². The van der Waals surface area contributed by atoms with Crippen LogP contribution in [-0.2, 0) is 12.3 Å². The number of thioether (sulfide) groups is 1. The number of anilines is 1. The molecular formula is C23H23N5O3S. The summed E-state index contributed by atoms with van der Waals surface area (Å²) in [6.45, 7) is 2.74. The minimum Gasteiger partial charge on any atom is -0.497 e. The molecule has 32 heavy (non-hydrogen) atoms. The first-order chi connectivity index (χ1) is 15.6. The number of fused-ring (bicyclic) bond motifs is 1. The van der Waals surface area contributed by atoms with Crippen molar-refractivity contribution in [1.82, 2.24) is 19.2 Å². The van der Waals surface area contributed by atoms with Crippen LogP contribution in [0.5, 0.6) is 5.75 Å². The highest BCUT2D eigenvalue weighted by Gasteiger charge is 2.12. The van der Waals surface area contributed by atoms with Crippen LogP contribution in [0.2, 0.25) is 0 Å². The Bertz CT molecular complexity index is 1300. The van der Waals surface area contributed by atoms with E-state index in [-0.39, 0.29) is 11.5 Å². The summed E-state index contributed by atoms with van der Waals surface area (Å²) in [5.41, 5.74) is 1.72. The molecule has 0 aliphatic carbocycles. The van der Waals surface area contributed by atoms with E-state index in [0.29, 0.717) is 40.8 Å². The number of nitrogens with zero attached hydrogens (tertiary/aromatic N) is 4. The Morgan fingerprint density at radius 2 is 1.94 bits per heavy atom. The average molecular weight is 450 g/mol. The van der Waals surface area contributed by atoms with E-state index in [9.17, 15) is 9.59 Å². The zero-order valence-electron chi connectivity index (χ0n) is 17.8. The maximum absolute atomic E-state index is 12.7. The summed E-state index contributed by atoms with van der Waals surface area (Å²) in [6.07, 6.45) is 2.53. The first-order valence-electron chi connectivity index (χ1n) is 10.2. The van der Waals surface area contributed by atoms with Crippen molar-refractivity contribution >= 4 is 29.1 Å². The van der Waals surface area contributed by atoms with E-state index in [4.69, 9.17) is 4.74 Å². The Morgan fingerprint density at radius 1 is 1.16 bits per heavy atom. The minimum atomic E-state index is -0.208. The molecule has 1 N–H and O–H groups in total. The number of amides is 1. The molecule has 0 unspecified atom stereocenters. The van der Waals surface area contributed by atoms with Gasteiger partial charge in [0, 0.05) is 28.8 Å². The van der Waals surface area contributed by atoms with Gasteiger partial charge in [0.05, 0.1) is 18.5 Å². The monoisotopic (exact) mass is 449 g/mol. The van der Waals surface area contributed by atoms with E-state index >= 15 is 0 Å². The van der Waals surface area contributed by atoms with Gasteiger partial charge >= 0.3 is 0 Å². The zero-order valence-corrected chi connectivity index (χ0v) is 18.6. The highest BCUT2D eigenvalue weighted by Crippen LogP contribution is 2.29. The number of benzene rings is 2. The van der Waals surface area contributed by atoms with Crippen LogP contribution in [0.15, 0.2) is 70.6 Å². The molecule has 0 atom stereocenters. The van der Waals surface area contributed by atoms with Gasteiger partial charge < -0.3 is 10.1 Å². The molecule has 164 valence electrons. The summed E-state index contributed by atoms with van der Waals surface area (Å²) in [5.74, 6) is 1.35. The average Bonchev–Trinajstić information content (AvgIpc) is 3.22. The van der Waals surface area contributed by atoms with Gasteiger partial charge in [-0.2, -0.15) is 9.50 Å². The Labute approximate surface area is 189 Å². The summed E-state index contributed by atoms with van der Waals surface area (Å²) >= 11 is 1.50. The van der Waals surface area contributed by atoms with Crippen LogP contribution < -0.4 is 15.6 Å². The van der Waals surface area contributed by atoms with Crippen LogP contribution in [0.3, 0.4) is 0 Å². The lowest BCUT2D eigenvalue weighted by Gasteiger charge is -2.11. The van der Waals surface area contributed by atoms with Crippen molar-refractivity contribution < 1.29 is 9.53 Å². The van der Waals surface area contributed by atoms with E-state index in [1.807, 2.05) is 31.2 Å². The van der Waals surface area contributed by atoms with E-state index < -0.39 is 0 Å². The van der Waals surface area contributed by atoms with Crippen LogP contribution in [0.4, 0.5) is 5.69 Å². The van der Waals surface area contributed by atoms with Crippen LogP contribution in [-0.4, -0.2) is 32.2 Å².